The van der Waals surface area contributed by atoms with Crippen molar-refractivity contribution in [1.82, 2.24) is 15.5 Å². The lowest BCUT2D eigenvalue weighted by molar-refractivity contribution is -0.221. The molecule has 0 aromatic rings. The Labute approximate surface area is 150 Å². The fourth-order valence-electron chi connectivity index (χ4n) is 3.73. The average molecular weight is 370 g/mol. The van der Waals surface area contributed by atoms with E-state index in [1.165, 1.54) is 0 Å². The van der Waals surface area contributed by atoms with Gasteiger partial charge in [-0.3, -0.25) is 0 Å². The largest absolute Gasteiger partial charge is 0.447 e. The van der Waals surface area contributed by atoms with Crippen molar-refractivity contribution in [2.75, 3.05) is 26.2 Å². The Balaban J connectivity index is 1.69. The van der Waals surface area contributed by atoms with Crippen LogP contribution in [0.5, 0.6) is 0 Å². The monoisotopic (exact) mass is 370 g/mol. The molecule has 146 valence electrons. The van der Waals surface area contributed by atoms with Gasteiger partial charge in [0.1, 0.15) is 18.7 Å². The second kappa shape index (κ2) is 6.78. The molecule has 0 radical (unpaired) electrons. The van der Waals surface area contributed by atoms with E-state index in [1.807, 2.05) is 0 Å². The molecule has 0 aromatic carbocycles. The second-order valence-corrected chi connectivity index (χ2v) is 6.64. The number of ether oxygens (including phenoxy) is 1. The molecule has 0 aliphatic carbocycles. The van der Waals surface area contributed by atoms with Crippen LogP contribution in [0.25, 0.3) is 0 Å². The smallest absolute Gasteiger partial charge is 0.407 e. The number of nitrogens with zero attached hydrogens (tertiary/aromatic N) is 3. The quantitative estimate of drug-likeness (QED) is 0.183. The molecule has 0 saturated carbocycles. The molecule has 26 heavy (non-hydrogen) atoms. The molecule has 0 aromatic heterocycles. The first kappa shape index (κ1) is 18.5. The molecule has 3 atom stereocenters. The molecule has 3 aliphatic rings. The maximum absolute atomic E-state index is 11.8. The van der Waals surface area contributed by atoms with Crippen molar-refractivity contribution < 1.29 is 19.7 Å². The van der Waals surface area contributed by atoms with Gasteiger partial charge in [0.25, 0.3) is 0 Å². The molecule has 3 heterocycles. The molecule has 10 N–H and O–H groups in total. The Morgan fingerprint density at radius 2 is 2.15 bits per heavy atom. The lowest BCUT2D eigenvalue weighted by Gasteiger charge is -2.48. The highest BCUT2D eigenvalue weighted by molar-refractivity contribution is 5.87. The van der Waals surface area contributed by atoms with Gasteiger partial charge in [0.2, 0.25) is 5.79 Å². The molecule has 1 saturated heterocycles. The molecule has 1 fully saturated rings. The van der Waals surface area contributed by atoms with Gasteiger partial charge in [-0.2, -0.15) is 0 Å². The van der Waals surface area contributed by atoms with E-state index in [0.717, 1.165) is 12.8 Å². The van der Waals surface area contributed by atoms with E-state index in [-0.39, 0.29) is 31.5 Å². The fraction of sp³-hybridized carbons (Fsp3) is 0.786. The number of carbonyl (C=O) groups excluding carboxylic acids is 1. The Hall–Kier alpha value is -2.31. The summed E-state index contributed by atoms with van der Waals surface area (Å²) in [5.41, 5.74) is 15.8. The average Bonchev–Trinajstić information content (AvgIpc) is 3.07. The van der Waals surface area contributed by atoms with Crippen LogP contribution in [-0.2, 0) is 4.74 Å². The number of carbonyl (C=O) groups is 1. The summed E-state index contributed by atoms with van der Waals surface area (Å²) in [6, 6.07) is -1.47. The summed E-state index contributed by atoms with van der Waals surface area (Å²) in [5.74, 6) is -1.96. The van der Waals surface area contributed by atoms with E-state index >= 15 is 0 Å². The number of hydrogen-bond acceptors (Lipinski definition) is 11. The van der Waals surface area contributed by atoms with Crippen molar-refractivity contribution in [3.05, 3.63) is 0 Å². The lowest BCUT2D eigenvalue weighted by Crippen LogP contribution is -2.76. The zero-order valence-corrected chi connectivity index (χ0v) is 14.4. The van der Waals surface area contributed by atoms with Gasteiger partial charge in [0.15, 0.2) is 17.6 Å². The number of nitrogens with two attached hydrogens (primary N) is 3. The van der Waals surface area contributed by atoms with Gasteiger partial charge in [0.05, 0.1) is 0 Å². The van der Waals surface area contributed by atoms with E-state index < -0.39 is 29.6 Å². The van der Waals surface area contributed by atoms with Crippen molar-refractivity contribution in [2.45, 2.75) is 42.8 Å². The van der Waals surface area contributed by atoms with Crippen molar-refractivity contribution in [3.63, 3.8) is 0 Å². The zero-order chi connectivity index (χ0) is 18.9. The van der Waals surface area contributed by atoms with Crippen molar-refractivity contribution in [3.8, 4) is 0 Å². The summed E-state index contributed by atoms with van der Waals surface area (Å²) in [5, 5.41) is 26.5. The van der Waals surface area contributed by atoms with Crippen LogP contribution in [0, 0.1) is 0 Å². The van der Waals surface area contributed by atoms with Gasteiger partial charge in [-0.15, -0.1) is 0 Å². The molecular formula is C14H26N8O4. The standard InChI is InChI=1S/C14H26N8O4/c15-4-1-2-5-18-12(23)26-7-8-9-14(21-10(16)20-9)13(24,25)3-6-22(14)11(17)19-8/h8-9,24-25H,1-7,15H2,(H2,17,19)(H,18,23)(H3,16,20,21)/t8-,9-,14-/m0/s1. The van der Waals surface area contributed by atoms with Crippen LogP contribution < -0.4 is 27.8 Å². The maximum Gasteiger partial charge on any atom is 0.407 e. The zero-order valence-electron chi connectivity index (χ0n) is 14.4. The predicted octanol–water partition coefficient (Wildman–Crippen LogP) is -3.48. The highest BCUT2D eigenvalue weighted by Gasteiger charge is 2.69. The lowest BCUT2D eigenvalue weighted by atomic mass is 9.87. The van der Waals surface area contributed by atoms with E-state index in [9.17, 15) is 15.0 Å². The third-order valence-corrected chi connectivity index (χ3v) is 4.97. The third kappa shape index (κ3) is 2.89. The number of rotatable bonds is 6. The molecule has 3 rings (SSSR count). The summed E-state index contributed by atoms with van der Waals surface area (Å²) >= 11 is 0. The molecule has 0 unspecified atom stereocenters. The molecular weight excluding hydrogens is 344 g/mol. The minimum Gasteiger partial charge on any atom is -0.447 e. The van der Waals surface area contributed by atoms with Crippen LogP contribution in [0.4, 0.5) is 4.79 Å². The van der Waals surface area contributed by atoms with Crippen molar-refractivity contribution >= 4 is 18.0 Å². The number of nitrogens with one attached hydrogen (secondary N) is 2. The van der Waals surface area contributed by atoms with Gasteiger partial charge < -0.3 is 47.7 Å². The molecule has 1 spiro atoms. The first-order chi connectivity index (χ1) is 12.3. The number of aliphatic hydroxyl groups is 2. The topological polar surface area (TPSA) is 197 Å². The molecule has 1 amide bonds. The third-order valence-electron chi connectivity index (χ3n) is 4.97. The summed E-state index contributed by atoms with van der Waals surface area (Å²) in [4.78, 5) is 21.9. The number of guanidine groups is 2. The first-order valence-corrected chi connectivity index (χ1v) is 8.59. The fourth-order valence-corrected chi connectivity index (χ4v) is 3.73. The van der Waals surface area contributed by atoms with Crippen LogP contribution in [0.1, 0.15) is 19.3 Å². The molecule has 12 nitrogen and oxygen atoms in total. The SMILES string of the molecule is NCCCCNC(=O)OC[C@@H]1N=C(N)N2CCC(O)(O)[C@@]23NC(N)=N[C@@H]13. The minimum absolute atomic E-state index is 0.0464. The van der Waals surface area contributed by atoms with Gasteiger partial charge in [-0.05, 0) is 19.4 Å². The van der Waals surface area contributed by atoms with E-state index in [4.69, 9.17) is 21.9 Å². The number of alkyl carbamates (subject to hydrolysis) is 1. The van der Waals surface area contributed by atoms with Gasteiger partial charge in [-0.25, -0.2) is 14.8 Å². The van der Waals surface area contributed by atoms with Crippen molar-refractivity contribution in [1.29, 1.82) is 0 Å². The highest BCUT2D eigenvalue weighted by Crippen LogP contribution is 2.44. The molecule has 0 bridgehead atoms. The predicted molar refractivity (Wildman–Crippen MR) is 92.8 cm³/mol. The Morgan fingerprint density at radius 3 is 2.88 bits per heavy atom. The van der Waals surface area contributed by atoms with E-state index in [0.29, 0.717) is 13.1 Å². The van der Waals surface area contributed by atoms with Crippen molar-refractivity contribution in [2.24, 2.45) is 27.2 Å². The maximum atomic E-state index is 11.8. The second-order valence-electron chi connectivity index (χ2n) is 6.64. The molecule has 12 heteroatoms. The number of aliphatic imine (C=N–C) groups is 2. The van der Waals surface area contributed by atoms with E-state index in [2.05, 4.69) is 20.6 Å². The first-order valence-electron chi connectivity index (χ1n) is 8.59. The number of amides is 1. The van der Waals surface area contributed by atoms with Gasteiger partial charge in [0, 0.05) is 19.5 Å². The normalized spacial score (nSPS) is 31.4. The Bertz CT molecular complexity index is 624. The van der Waals surface area contributed by atoms with Gasteiger partial charge >= 0.3 is 6.09 Å². The van der Waals surface area contributed by atoms with Crippen LogP contribution in [0.3, 0.4) is 0 Å². The van der Waals surface area contributed by atoms with Gasteiger partial charge in [-0.1, -0.05) is 0 Å². The van der Waals surface area contributed by atoms with Crippen LogP contribution in [0.15, 0.2) is 9.98 Å². The van der Waals surface area contributed by atoms with Crippen LogP contribution >= 0.6 is 0 Å². The number of hydrogen-bond donors (Lipinski definition) is 7. The summed E-state index contributed by atoms with van der Waals surface area (Å²) in [6.07, 6.45) is 1.01. The summed E-state index contributed by atoms with van der Waals surface area (Å²) in [6.45, 7) is 1.17. The summed E-state index contributed by atoms with van der Waals surface area (Å²) < 4.78 is 5.20. The summed E-state index contributed by atoms with van der Waals surface area (Å²) in [7, 11) is 0. The number of unbranched alkanes of at least 4 members (excludes halogenated alkanes) is 1. The van der Waals surface area contributed by atoms with E-state index in [1.54, 1.807) is 4.90 Å². The highest BCUT2D eigenvalue weighted by atomic mass is 16.5. The minimum atomic E-state index is -2.12. The van der Waals surface area contributed by atoms with Crippen LogP contribution in [-0.4, -0.2) is 82.9 Å². The Kier molecular flexibility index (Phi) is 4.82. The van der Waals surface area contributed by atoms with Crippen LogP contribution in [0.2, 0.25) is 0 Å². The Morgan fingerprint density at radius 1 is 1.38 bits per heavy atom. The molecule has 3 aliphatic heterocycles.